The molecule has 0 amide bonds. The number of hydrogen-bond acceptors (Lipinski definition) is 4. The van der Waals surface area contributed by atoms with Crippen molar-refractivity contribution in [2.24, 2.45) is 0 Å². The van der Waals surface area contributed by atoms with E-state index in [2.05, 4.69) is 9.72 Å². The molecule has 1 N–H and O–H groups in total. The van der Waals surface area contributed by atoms with Gasteiger partial charge in [0, 0.05) is 0 Å². The van der Waals surface area contributed by atoms with Crippen LogP contribution in [0.3, 0.4) is 0 Å². The molecule has 0 saturated heterocycles. The van der Waals surface area contributed by atoms with Gasteiger partial charge in [-0.1, -0.05) is 0 Å². The molecule has 0 aliphatic heterocycles. The lowest BCUT2D eigenvalue weighted by Crippen LogP contribution is -2.24. The Balaban J connectivity index is 2.39. The fraction of sp³-hybridized carbons (Fsp3) is 0.400. The minimum atomic E-state index is -1.29. The van der Waals surface area contributed by atoms with E-state index in [1.54, 1.807) is 0 Å². The molecular formula is C10H10NO4-. The number of rotatable bonds is 3. The number of methoxy groups -OCH3 is 1. The van der Waals surface area contributed by atoms with Gasteiger partial charge in [-0.3, -0.25) is 0 Å². The van der Waals surface area contributed by atoms with E-state index in [0.717, 1.165) is 12.8 Å². The van der Waals surface area contributed by atoms with E-state index in [4.69, 9.17) is 0 Å². The summed E-state index contributed by atoms with van der Waals surface area (Å²) < 4.78 is 4.50. The van der Waals surface area contributed by atoms with Crippen LogP contribution in [-0.4, -0.2) is 24.0 Å². The minimum Gasteiger partial charge on any atom is -0.543 e. The third-order valence-corrected chi connectivity index (χ3v) is 2.47. The summed E-state index contributed by atoms with van der Waals surface area (Å²) in [6.45, 7) is 0. The summed E-state index contributed by atoms with van der Waals surface area (Å²) in [6.07, 6.45) is 1.91. The lowest BCUT2D eigenvalue weighted by molar-refractivity contribution is -0.255. The maximum atomic E-state index is 11.2. The van der Waals surface area contributed by atoms with Crippen molar-refractivity contribution in [1.82, 2.24) is 4.98 Å². The Labute approximate surface area is 86.1 Å². The van der Waals surface area contributed by atoms with Crippen LogP contribution in [0.25, 0.3) is 0 Å². The molecule has 15 heavy (non-hydrogen) atoms. The predicted molar refractivity (Wildman–Crippen MR) is 48.4 cm³/mol. The molecule has 2 rings (SSSR count). The molecule has 1 fully saturated rings. The third kappa shape index (κ3) is 1.72. The smallest absolute Gasteiger partial charge is 0.354 e. The third-order valence-electron chi connectivity index (χ3n) is 2.47. The Morgan fingerprint density at radius 3 is 2.67 bits per heavy atom. The first-order valence-electron chi connectivity index (χ1n) is 4.66. The van der Waals surface area contributed by atoms with Crippen molar-refractivity contribution < 1.29 is 19.4 Å². The zero-order chi connectivity index (χ0) is 11.0. The molecule has 1 heterocycles. The molecule has 0 spiro atoms. The van der Waals surface area contributed by atoms with Crippen LogP contribution in [-0.2, 0) is 4.74 Å². The van der Waals surface area contributed by atoms with Gasteiger partial charge < -0.3 is 19.6 Å². The minimum absolute atomic E-state index is 0.00194. The number of ether oxygens (including phenoxy) is 1. The number of hydrogen-bond donors (Lipinski definition) is 1. The SMILES string of the molecule is COC(=O)c1cc(C2CC2)c(C(=O)[O-])[nH]1. The van der Waals surface area contributed by atoms with Gasteiger partial charge in [0.05, 0.1) is 18.8 Å². The average molecular weight is 208 g/mol. The number of aromatic carboxylic acids is 1. The van der Waals surface area contributed by atoms with E-state index in [1.807, 2.05) is 0 Å². The molecule has 0 atom stereocenters. The fourth-order valence-corrected chi connectivity index (χ4v) is 1.58. The molecule has 0 aromatic carbocycles. The lowest BCUT2D eigenvalue weighted by atomic mass is 10.1. The zero-order valence-electron chi connectivity index (χ0n) is 8.20. The van der Waals surface area contributed by atoms with Gasteiger partial charge in [0.25, 0.3) is 0 Å². The maximum Gasteiger partial charge on any atom is 0.354 e. The number of aromatic nitrogens is 1. The lowest BCUT2D eigenvalue weighted by Gasteiger charge is -2.01. The van der Waals surface area contributed by atoms with Crippen LogP contribution in [0.1, 0.15) is 45.3 Å². The first-order chi connectivity index (χ1) is 7.13. The molecule has 1 aliphatic rings. The molecule has 80 valence electrons. The fourth-order valence-electron chi connectivity index (χ4n) is 1.58. The van der Waals surface area contributed by atoms with Crippen LogP contribution in [0.2, 0.25) is 0 Å². The molecule has 0 unspecified atom stereocenters. The Morgan fingerprint density at radius 1 is 1.53 bits per heavy atom. The Hall–Kier alpha value is -1.78. The summed E-state index contributed by atoms with van der Waals surface area (Å²) in [5, 5.41) is 10.8. The first kappa shape index (κ1) is 9.76. The molecule has 5 nitrogen and oxygen atoms in total. The number of nitrogens with one attached hydrogen (secondary N) is 1. The van der Waals surface area contributed by atoms with Gasteiger partial charge in [0.15, 0.2) is 0 Å². The number of carbonyl (C=O) groups is 2. The Bertz CT molecular complexity index is 417. The van der Waals surface area contributed by atoms with Crippen LogP contribution in [0.15, 0.2) is 6.07 Å². The summed E-state index contributed by atoms with van der Waals surface area (Å²) in [4.78, 5) is 24.5. The second kappa shape index (κ2) is 3.42. The highest BCUT2D eigenvalue weighted by Gasteiger charge is 2.29. The summed E-state index contributed by atoms with van der Waals surface area (Å²) in [5.74, 6) is -1.61. The molecule has 5 heteroatoms. The molecule has 0 radical (unpaired) electrons. The van der Waals surface area contributed by atoms with Gasteiger partial charge in [-0.05, 0) is 30.4 Å². The van der Waals surface area contributed by atoms with E-state index >= 15 is 0 Å². The zero-order valence-corrected chi connectivity index (χ0v) is 8.20. The summed E-state index contributed by atoms with van der Waals surface area (Å²) in [5.41, 5.74) is 0.812. The topological polar surface area (TPSA) is 82.2 Å². The Kier molecular flexibility index (Phi) is 2.22. The van der Waals surface area contributed by atoms with E-state index in [1.165, 1.54) is 13.2 Å². The highest BCUT2D eigenvalue weighted by molar-refractivity contribution is 5.93. The van der Waals surface area contributed by atoms with Crippen LogP contribution >= 0.6 is 0 Å². The average Bonchev–Trinajstić information content (AvgIpc) is 2.96. The van der Waals surface area contributed by atoms with Gasteiger partial charge in [-0.15, -0.1) is 0 Å². The summed E-state index contributed by atoms with van der Waals surface area (Å²) in [7, 11) is 1.25. The largest absolute Gasteiger partial charge is 0.543 e. The van der Waals surface area contributed by atoms with Crippen LogP contribution < -0.4 is 5.11 Å². The molecule has 1 saturated carbocycles. The monoisotopic (exact) mass is 208 g/mol. The van der Waals surface area contributed by atoms with Gasteiger partial charge >= 0.3 is 5.97 Å². The van der Waals surface area contributed by atoms with Crippen molar-refractivity contribution in [2.45, 2.75) is 18.8 Å². The van der Waals surface area contributed by atoms with Gasteiger partial charge in [0.2, 0.25) is 0 Å². The Morgan fingerprint density at radius 2 is 2.20 bits per heavy atom. The van der Waals surface area contributed by atoms with Crippen molar-refractivity contribution in [3.63, 3.8) is 0 Å². The van der Waals surface area contributed by atoms with Crippen LogP contribution in [0.5, 0.6) is 0 Å². The van der Waals surface area contributed by atoms with Crippen molar-refractivity contribution >= 4 is 11.9 Å². The van der Waals surface area contributed by atoms with Crippen LogP contribution in [0.4, 0.5) is 0 Å². The number of aromatic amines is 1. The van der Waals surface area contributed by atoms with E-state index in [9.17, 15) is 14.7 Å². The van der Waals surface area contributed by atoms with Gasteiger partial charge in [-0.2, -0.15) is 0 Å². The van der Waals surface area contributed by atoms with Gasteiger partial charge in [0.1, 0.15) is 5.69 Å². The molecule has 1 aromatic heterocycles. The molecule has 1 aliphatic carbocycles. The highest BCUT2D eigenvalue weighted by atomic mass is 16.5. The van der Waals surface area contributed by atoms with Crippen molar-refractivity contribution in [3.05, 3.63) is 23.0 Å². The van der Waals surface area contributed by atoms with E-state index in [0.29, 0.717) is 5.56 Å². The molecular weight excluding hydrogens is 198 g/mol. The first-order valence-corrected chi connectivity index (χ1v) is 4.66. The second-order valence-electron chi connectivity index (χ2n) is 3.57. The quantitative estimate of drug-likeness (QED) is 0.711. The van der Waals surface area contributed by atoms with E-state index < -0.39 is 11.9 Å². The second-order valence-corrected chi connectivity index (χ2v) is 3.57. The normalized spacial score (nSPS) is 15.0. The predicted octanol–water partition coefficient (Wildman–Crippen LogP) is 0.0422. The van der Waals surface area contributed by atoms with Crippen molar-refractivity contribution in [2.75, 3.05) is 7.11 Å². The van der Waals surface area contributed by atoms with Crippen LogP contribution in [0, 0.1) is 0 Å². The van der Waals surface area contributed by atoms with Crippen molar-refractivity contribution in [3.8, 4) is 0 Å². The maximum absolute atomic E-state index is 11.2. The number of H-pyrrole nitrogens is 1. The molecule has 0 bridgehead atoms. The van der Waals surface area contributed by atoms with E-state index in [-0.39, 0.29) is 17.3 Å². The summed E-state index contributed by atoms with van der Waals surface area (Å²) >= 11 is 0. The highest BCUT2D eigenvalue weighted by Crippen LogP contribution is 2.41. The number of esters is 1. The summed E-state index contributed by atoms with van der Waals surface area (Å²) in [6, 6.07) is 1.54. The number of carbonyl (C=O) groups excluding carboxylic acids is 2. The number of carboxylic acid groups (broad SMARTS) is 1. The standard InChI is InChI=1S/C10H11NO4/c1-15-10(14)7-4-6(5-2-3-5)8(11-7)9(12)13/h4-5,11H,2-3H2,1H3,(H,12,13)/p-1. The molecule has 1 aromatic rings. The van der Waals surface area contributed by atoms with Crippen molar-refractivity contribution in [1.29, 1.82) is 0 Å². The number of carboxylic acids is 1. The van der Waals surface area contributed by atoms with Gasteiger partial charge in [-0.25, -0.2) is 4.79 Å².